The Labute approximate surface area is 106 Å². The van der Waals surface area contributed by atoms with Gasteiger partial charge in [-0.15, -0.1) is 0 Å². The Bertz CT molecular complexity index is 366. The lowest BCUT2D eigenvalue weighted by molar-refractivity contribution is -0.117. The summed E-state index contributed by atoms with van der Waals surface area (Å²) in [6, 6.07) is 0. The van der Waals surface area contributed by atoms with Crippen LogP contribution in [-0.2, 0) is 9.53 Å². The molecule has 6 heteroatoms. The highest BCUT2D eigenvalue weighted by Crippen LogP contribution is 2.07. The second kappa shape index (κ2) is 7.03. The van der Waals surface area contributed by atoms with Crippen molar-refractivity contribution in [1.82, 2.24) is 15.3 Å². The number of aromatic nitrogens is 2. The van der Waals surface area contributed by atoms with Crippen LogP contribution in [0.2, 0.25) is 0 Å². The molecule has 0 saturated carbocycles. The molecule has 1 aromatic rings. The van der Waals surface area contributed by atoms with E-state index in [-0.39, 0.29) is 12.0 Å². The molecular formula is C12H18N4O2. The monoisotopic (exact) mass is 250 g/mol. The summed E-state index contributed by atoms with van der Waals surface area (Å²) >= 11 is 0. The summed E-state index contributed by atoms with van der Waals surface area (Å²) in [7, 11) is 0. The summed E-state index contributed by atoms with van der Waals surface area (Å²) in [5.41, 5.74) is 0. The van der Waals surface area contributed by atoms with E-state index in [1.807, 2.05) is 0 Å². The number of rotatable bonds is 5. The molecule has 6 nitrogen and oxygen atoms in total. The van der Waals surface area contributed by atoms with Crippen LogP contribution >= 0.6 is 0 Å². The number of anilines is 1. The van der Waals surface area contributed by atoms with E-state index < -0.39 is 0 Å². The number of amides is 1. The van der Waals surface area contributed by atoms with Gasteiger partial charge in [-0.3, -0.25) is 9.78 Å². The van der Waals surface area contributed by atoms with Gasteiger partial charge < -0.3 is 15.4 Å². The van der Waals surface area contributed by atoms with Crippen LogP contribution in [0.3, 0.4) is 0 Å². The normalized spacial score (nSPS) is 16.4. The van der Waals surface area contributed by atoms with Crippen molar-refractivity contribution in [1.29, 1.82) is 0 Å². The van der Waals surface area contributed by atoms with Gasteiger partial charge in [-0.05, 0) is 25.9 Å². The van der Waals surface area contributed by atoms with Gasteiger partial charge >= 0.3 is 0 Å². The molecule has 1 saturated heterocycles. The van der Waals surface area contributed by atoms with Crippen molar-refractivity contribution in [2.45, 2.75) is 25.4 Å². The molecule has 1 amide bonds. The van der Waals surface area contributed by atoms with E-state index in [1.54, 1.807) is 12.4 Å². The fourth-order valence-electron chi connectivity index (χ4n) is 1.85. The van der Waals surface area contributed by atoms with Gasteiger partial charge in [-0.2, -0.15) is 0 Å². The van der Waals surface area contributed by atoms with E-state index in [0.717, 1.165) is 25.9 Å². The molecule has 1 fully saturated rings. The average Bonchev–Trinajstić information content (AvgIpc) is 2.41. The van der Waals surface area contributed by atoms with Crippen molar-refractivity contribution in [3.05, 3.63) is 18.6 Å². The first-order chi connectivity index (χ1) is 8.84. The Balaban J connectivity index is 1.62. The van der Waals surface area contributed by atoms with Crippen LogP contribution in [0, 0.1) is 0 Å². The zero-order valence-corrected chi connectivity index (χ0v) is 10.3. The quantitative estimate of drug-likeness (QED) is 0.799. The first kappa shape index (κ1) is 12.9. The Morgan fingerprint density at radius 1 is 1.44 bits per heavy atom. The summed E-state index contributed by atoms with van der Waals surface area (Å²) in [6.07, 6.45) is 7.30. The van der Waals surface area contributed by atoms with Crippen LogP contribution in [0.4, 0.5) is 5.82 Å². The average molecular weight is 250 g/mol. The Kier molecular flexibility index (Phi) is 5.04. The molecule has 0 unspecified atom stereocenters. The third-order valence-corrected chi connectivity index (χ3v) is 2.80. The summed E-state index contributed by atoms with van der Waals surface area (Å²) in [5, 5.41) is 5.95. The lowest BCUT2D eigenvalue weighted by Crippen LogP contribution is -2.33. The van der Waals surface area contributed by atoms with Gasteiger partial charge in [0.15, 0.2) is 5.82 Å². The molecule has 1 aromatic heterocycles. The van der Waals surface area contributed by atoms with E-state index in [4.69, 9.17) is 4.74 Å². The summed E-state index contributed by atoms with van der Waals surface area (Å²) in [6.45, 7) is 2.45. The van der Waals surface area contributed by atoms with Crippen LogP contribution < -0.4 is 10.6 Å². The van der Waals surface area contributed by atoms with Gasteiger partial charge in [0.1, 0.15) is 0 Å². The van der Waals surface area contributed by atoms with Crippen LogP contribution in [0.15, 0.2) is 18.6 Å². The highest BCUT2D eigenvalue weighted by molar-refractivity contribution is 5.89. The minimum Gasteiger partial charge on any atom is -0.378 e. The summed E-state index contributed by atoms with van der Waals surface area (Å²) < 4.78 is 5.65. The molecule has 2 heterocycles. The predicted octanol–water partition coefficient (Wildman–Crippen LogP) is 0.574. The number of hydrogen-bond donors (Lipinski definition) is 2. The van der Waals surface area contributed by atoms with Crippen LogP contribution in [0.25, 0.3) is 0 Å². The maximum Gasteiger partial charge on any atom is 0.227 e. The number of nitrogens with zero attached hydrogens (tertiary/aromatic N) is 2. The minimum absolute atomic E-state index is 0.0931. The van der Waals surface area contributed by atoms with Gasteiger partial charge in [0.2, 0.25) is 5.91 Å². The maximum absolute atomic E-state index is 11.6. The van der Waals surface area contributed by atoms with Gasteiger partial charge in [-0.25, -0.2) is 4.98 Å². The highest BCUT2D eigenvalue weighted by Gasteiger charge is 2.13. The molecule has 2 N–H and O–H groups in total. The molecule has 0 atom stereocenters. The van der Waals surface area contributed by atoms with E-state index in [1.165, 1.54) is 6.20 Å². The molecule has 0 bridgehead atoms. The summed E-state index contributed by atoms with van der Waals surface area (Å²) in [5.74, 6) is 0.383. The Morgan fingerprint density at radius 2 is 2.28 bits per heavy atom. The third-order valence-electron chi connectivity index (χ3n) is 2.80. The van der Waals surface area contributed by atoms with E-state index in [2.05, 4.69) is 20.6 Å². The fourth-order valence-corrected chi connectivity index (χ4v) is 1.85. The number of nitrogens with one attached hydrogen (secondary N) is 2. The number of piperidine rings is 1. The Morgan fingerprint density at radius 3 is 3.00 bits per heavy atom. The van der Waals surface area contributed by atoms with Crippen LogP contribution in [-0.4, -0.2) is 41.7 Å². The molecule has 2 rings (SSSR count). The number of ether oxygens (including phenoxy) is 1. The topological polar surface area (TPSA) is 76.1 Å². The van der Waals surface area contributed by atoms with Crippen molar-refractivity contribution in [3.63, 3.8) is 0 Å². The van der Waals surface area contributed by atoms with Crippen molar-refractivity contribution >= 4 is 11.7 Å². The SMILES string of the molecule is O=C(CCOC1CCNCC1)Nc1cnccn1. The number of carbonyl (C=O) groups excluding carboxylic acids is 1. The van der Waals surface area contributed by atoms with Gasteiger partial charge in [0, 0.05) is 12.4 Å². The minimum atomic E-state index is -0.0931. The van der Waals surface area contributed by atoms with Crippen molar-refractivity contribution < 1.29 is 9.53 Å². The second-order valence-electron chi connectivity index (χ2n) is 4.21. The van der Waals surface area contributed by atoms with Crippen molar-refractivity contribution in [2.75, 3.05) is 25.0 Å². The van der Waals surface area contributed by atoms with E-state index in [9.17, 15) is 4.79 Å². The number of hydrogen-bond acceptors (Lipinski definition) is 5. The molecule has 0 aliphatic carbocycles. The predicted molar refractivity (Wildman–Crippen MR) is 67.1 cm³/mol. The fraction of sp³-hybridized carbons (Fsp3) is 0.583. The largest absolute Gasteiger partial charge is 0.378 e. The van der Waals surface area contributed by atoms with E-state index >= 15 is 0 Å². The molecule has 1 aliphatic rings. The zero-order valence-electron chi connectivity index (χ0n) is 10.3. The lowest BCUT2D eigenvalue weighted by Gasteiger charge is -2.22. The smallest absolute Gasteiger partial charge is 0.227 e. The zero-order chi connectivity index (χ0) is 12.6. The standard InChI is InChI=1S/C12H18N4O2/c17-12(16-11-9-14-6-7-15-11)3-8-18-10-1-4-13-5-2-10/h6-7,9-10,13H,1-5,8H2,(H,15,16,17). The number of carbonyl (C=O) groups is 1. The third kappa shape index (κ3) is 4.38. The van der Waals surface area contributed by atoms with Crippen LogP contribution in [0.1, 0.15) is 19.3 Å². The van der Waals surface area contributed by atoms with Gasteiger partial charge in [-0.1, -0.05) is 0 Å². The molecule has 0 spiro atoms. The highest BCUT2D eigenvalue weighted by atomic mass is 16.5. The first-order valence-electron chi connectivity index (χ1n) is 6.23. The first-order valence-corrected chi connectivity index (χ1v) is 6.23. The van der Waals surface area contributed by atoms with Crippen molar-refractivity contribution in [3.8, 4) is 0 Å². The van der Waals surface area contributed by atoms with E-state index in [0.29, 0.717) is 18.8 Å². The van der Waals surface area contributed by atoms with Gasteiger partial charge in [0.05, 0.1) is 25.3 Å². The molecule has 0 aromatic carbocycles. The maximum atomic E-state index is 11.6. The molecule has 0 radical (unpaired) electrons. The molecule has 18 heavy (non-hydrogen) atoms. The van der Waals surface area contributed by atoms with Crippen LogP contribution in [0.5, 0.6) is 0 Å². The van der Waals surface area contributed by atoms with Gasteiger partial charge in [0.25, 0.3) is 0 Å². The molecule has 1 aliphatic heterocycles. The summed E-state index contributed by atoms with van der Waals surface area (Å²) in [4.78, 5) is 19.4. The van der Waals surface area contributed by atoms with Crippen molar-refractivity contribution in [2.24, 2.45) is 0 Å². The second-order valence-corrected chi connectivity index (χ2v) is 4.21. The lowest BCUT2D eigenvalue weighted by atomic mass is 10.1. The molecular weight excluding hydrogens is 232 g/mol. The Hall–Kier alpha value is -1.53. The molecule has 98 valence electrons.